The fraction of sp³-hybridized carbons (Fsp3) is 0.588. The molecular formula is C17H25N3S. The minimum atomic E-state index is 0.368. The second-order valence-electron chi connectivity index (χ2n) is 6.27. The lowest BCUT2D eigenvalue weighted by Crippen LogP contribution is -2.38. The first-order valence-electron chi connectivity index (χ1n) is 8.01. The normalized spacial score (nSPS) is 19.1. The lowest BCUT2D eigenvalue weighted by Gasteiger charge is -2.30. The van der Waals surface area contributed by atoms with E-state index in [0.717, 1.165) is 24.5 Å². The Morgan fingerprint density at radius 1 is 1.43 bits per heavy atom. The zero-order valence-electron chi connectivity index (χ0n) is 13.0. The average molecular weight is 303 g/mol. The van der Waals surface area contributed by atoms with Gasteiger partial charge >= 0.3 is 0 Å². The molecule has 1 fully saturated rings. The highest BCUT2D eigenvalue weighted by molar-refractivity contribution is 7.17. The zero-order valence-corrected chi connectivity index (χ0v) is 13.8. The van der Waals surface area contributed by atoms with E-state index in [0.29, 0.717) is 6.04 Å². The van der Waals surface area contributed by atoms with E-state index in [9.17, 15) is 0 Å². The maximum Gasteiger partial charge on any atom is 0.0809 e. The molecule has 3 nitrogen and oxygen atoms in total. The van der Waals surface area contributed by atoms with Gasteiger partial charge in [0.15, 0.2) is 0 Å². The van der Waals surface area contributed by atoms with E-state index >= 15 is 0 Å². The van der Waals surface area contributed by atoms with Crippen molar-refractivity contribution in [3.63, 3.8) is 0 Å². The van der Waals surface area contributed by atoms with Gasteiger partial charge in [0.1, 0.15) is 0 Å². The maximum absolute atomic E-state index is 4.53. The lowest BCUT2D eigenvalue weighted by atomic mass is 9.99. The maximum atomic E-state index is 4.53. The fourth-order valence-corrected chi connectivity index (χ4v) is 3.73. The quantitative estimate of drug-likeness (QED) is 0.913. The molecule has 21 heavy (non-hydrogen) atoms. The minimum Gasteiger partial charge on any atom is -0.309 e. The van der Waals surface area contributed by atoms with Crippen LogP contribution in [0, 0.1) is 5.92 Å². The van der Waals surface area contributed by atoms with Gasteiger partial charge in [-0.05, 0) is 61.8 Å². The average Bonchev–Trinajstić information content (AvgIpc) is 2.96. The number of piperidine rings is 1. The van der Waals surface area contributed by atoms with Crippen LogP contribution in [0.5, 0.6) is 0 Å². The summed E-state index contributed by atoms with van der Waals surface area (Å²) in [4.78, 5) is 7.11. The highest BCUT2D eigenvalue weighted by Crippen LogP contribution is 2.22. The lowest BCUT2D eigenvalue weighted by molar-refractivity contribution is 0.191. The van der Waals surface area contributed by atoms with Crippen LogP contribution in [0.1, 0.15) is 38.3 Å². The molecule has 3 heterocycles. The van der Waals surface area contributed by atoms with Gasteiger partial charge in [-0.1, -0.05) is 6.92 Å². The fourth-order valence-electron chi connectivity index (χ4n) is 2.94. The third kappa shape index (κ3) is 3.82. The third-order valence-corrected chi connectivity index (χ3v) is 5.43. The number of nitrogens with one attached hydrogen (secondary N) is 1. The van der Waals surface area contributed by atoms with Gasteiger partial charge < -0.3 is 10.2 Å². The van der Waals surface area contributed by atoms with E-state index in [1.165, 1.54) is 36.2 Å². The summed E-state index contributed by atoms with van der Waals surface area (Å²) in [6.45, 7) is 9.34. The van der Waals surface area contributed by atoms with Gasteiger partial charge in [-0.25, -0.2) is 0 Å². The first-order valence-corrected chi connectivity index (χ1v) is 8.89. The van der Waals surface area contributed by atoms with E-state index < -0.39 is 0 Å². The number of aromatic nitrogens is 1. The summed E-state index contributed by atoms with van der Waals surface area (Å²) in [6, 6.07) is 4.72. The molecular weight excluding hydrogens is 278 g/mol. The Bertz CT molecular complexity index is 572. The predicted molar refractivity (Wildman–Crippen MR) is 90.9 cm³/mol. The second kappa shape index (κ2) is 6.86. The van der Waals surface area contributed by atoms with E-state index in [1.807, 2.05) is 6.20 Å². The molecule has 0 aromatic carbocycles. The Morgan fingerprint density at radius 3 is 3.05 bits per heavy atom. The largest absolute Gasteiger partial charge is 0.309 e. The van der Waals surface area contributed by atoms with Crippen LogP contribution in [-0.4, -0.2) is 36.1 Å². The highest BCUT2D eigenvalue weighted by atomic mass is 32.1. The molecule has 4 heteroatoms. The number of fused-ring (bicyclic) bond motifs is 1. The topological polar surface area (TPSA) is 28.2 Å². The van der Waals surface area contributed by atoms with Crippen molar-refractivity contribution in [2.75, 3.05) is 26.2 Å². The molecule has 0 spiro atoms. The highest BCUT2D eigenvalue weighted by Gasteiger charge is 2.15. The minimum absolute atomic E-state index is 0.368. The monoisotopic (exact) mass is 303 g/mol. The van der Waals surface area contributed by atoms with Crippen LogP contribution in [0.25, 0.3) is 10.2 Å². The van der Waals surface area contributed by atoms with Gasteiger partial charge in [-0.2, -0.15) is 0 Å². The molecule has 0 amide bonds. The third-order valence-electron chi connectivity index (χ3n) is 4.58. The Kier molecular flexibility index (Phi) is 4.88. The van der Waals surface area contributed by atoms with Crippen LogP contribution in [0.3, 0.4) is 0 Å². The van der Waals surface area contributed by atoms with Crippen molar-refractivity contribution in [2.24, 2.45) is 5.92 Å². The molecule has 2 aromatic heterocycles. The van der Waals surface area contributed by atoms with E-state index in [-0.39, 0.29) is 0 Å². The van der Waals surface area contributed by atoms with Gasteiger partial charge in [0.25, 0.3) is 0 Å². The van der Waals surface area contributed by atoms with Crippen LogP contribution in [0.2, 0.25) is 0 Å². The van der Waals surface area contributed by atoms with Crippen LogP contribution in [-0.2, 0) is 0 Å². The smallest absolute Gasteiger partial charge is 0.0809 e. The Hall–Kier alpha value is -0.970. The molecule has 1 unspecified atom stereocenters. The van der Waals surface area contributed by atoms with Crippen LogP contribution in [0.4, 0.5) is 0 Å². The molecule has 0 bridgehead atoms. The molecule has 1 N–H and O–H groups in total. The summed E-state index contributed by atoms with van der Waals surface area (Å²) in [7, 11) is 0. The van der Waals surface area contributed by atoms with Gasteiger partial charge in [-0.3, -0.25) is 4.98 Å². The summed E-state index contributed by atoms with van der Waals surface area (Å²) in [5, 5.41) is 5.75. The van der Waals surface area contributed by atoms with Crippen LogP contribution < -0.4 is 5.32 Å². The van der Waals surface area contributed by atoms with Crippen LogP contribution >= 0.6 is 11.3 Å². The summed E-state index contributed by atoms with van der Waals surface area (Å²) in [5.74, 6) is 0.914. The van der Waals surface area contributed by atoms with Gasteiger partial charge in [0.05, 0.1) is 10.2 Å². The molecule has 1 atom stereocenters. The molecule has 114 valence electrons. The molecule has 1 aliphatic rings. The van der Waals surface area contributed by atoms with E-state index in [2.05, 4.69) is 46.6 Å². The van der Waals surface area contributed by atoms with Crippen molar-refractivity contribution in [2.45, 2.75) is 32.7 Å². The predicted octanol–water partition coefficient (Wildman–Crippen LogP) is 3.68. The van der Waals surface area contributed by atoms with Crippen molar-refractivity contribution in [1.82, 2.24) is 15.2 Å². The Balaban J connectivity index is 1.48. The SMILES string of the molecule is CC1CCN(CCNC(C)c2cnc3ccsc3c2)CC1. The van der Waals surface area contributed by atoms with E-state index in [1.54, 1.807) is 11.3 Å². The molecule has 0 saturated carbocycles. The molecule has 1 aliphatic heterocycles. The van der Waals surface area contributed by atoms with Crippen molar-refractivity contribution in [3.8, 4) is 0 Å². The van der Waals surface area contributed by atoms with Gasteiger partial charge in [-0.15, -0.1) is 11.3 Å². The number of rotatable bonds is 5. The van der Waals surface area contributed by atoms with Crippen molar-refractivity contribution in [1.29, 1.82) is 0 Å². The first-order chi connectivity index (χ1) is 10.2. The Labute approximate surface area is 131 Å². The number of nitrogens with zero attached hydrogens (tertiary/aromatic N) is 2. The number of thiophene rings is 1. The van der Waals surface area contributed by atoms with Crippen molar-refractivity contribution < 1.29 is 0 Å². The molecule has 0 radical (unpaired) electrons. The van der Waals surface area contributed by atoms with Gasteiger partial charge in [0, 0.05) is 25.3 Å². The second-order valence-corrected chi connectivity index (χ2v) is 7.22. The standard InChI is InChI=1S/C17H25N3S/c1-13-3-7-20(8-4-13)9-6-18-14(2)15-11-17-16(19-12-15)5-10-21-17/h5,10-14,18H,3-4,6-9H2,1-2H3. The number of pyridine rings is 1. The van der Waals surface area contributed by atoms with Gasteiger partial charge in [0.2, 0.25) is 0 Å². The summed E-state index contributed by atoms with van der Waals surface area (Å²) < 4.78 is 1.28. The molecule has 0 aliphatic carbocycles. The number of likely N-dealkylation sites (tertiary alicyclic amines) is 1. The van der Waals surface area contributed by atoms with Crippen LogP contribution in [0.15, 0.2) is 23.7 Å². The summed E-state index contributed by atoms with van der Waals surface area (Å²) in [5.41, 5.74) is 2.40. The Morgan fingerprint density at radius 2 is 2.24 bits per heavy atom. The number of hydrogen-bond donors (Lipinski definition) is 1. The summed E-state index contributed by atoms with van der Waals surface area (Å²) >= 11 is 1.77. The van der Waals surface area contributed by atoms with Crippen molar-refractivity contribution >= 4 is 21.6 Å². The first kappa shape index (κ1) is 14.9. The van der Waals surface area contributed by atoms with Crippen molar-refractivity contribution in [3.05, 3.63) is 29.3 Å². The summed E-state index contributed by atoms with van der Waals surface area (Å²) in [6.07, 6.45) is 4.72. The van der Waals surface area contributed by atoms with E-state index in [4.69, 9.17) is 0 Å². The number of hydrogen-bond acceptors (Lipinski definition) is 4. The molecule has 1 saturated heterocycles. The molecule has 3 rings (SSSR count). The zero-order chi connectivity index (χ0) is 14.7. The molecule has 2 aromatic rings.